The summed E-state index contributed by atoms with van der Waals surface area (Å²) in [5.41, 5.74) is 2.01. The zero-order valence-electron chi connectivity index (χ0n) is 13.4. The van der Waals surface area contributed by atoms with Gasteiger partial charge in [-0.1, -0.05) is 0 Å². The average Bonchev–Trinajstić information content (AvgIpc) is 3.30. The van der Waals surface area contributed by atoms with Gasteiger partial charge in [-0.25, -0.2) is 0 Å². The number of aromatic nitrogens is 2. The van der Waals surface area contributed by atoms with Crippen molar-refractivity contribution in [3.05, 3.63) is 60.8 Å². The molecule has 1 aliphatic rings. The van der Waals surface area contributed by atoms with Gasteiger partial charge in [0, 0.05) is 19.2 Å². The van der Waals surface area contributed by atoms with Gasteiger partial charge in [-0.15, -0.1) is 0 Å². The van der Waals surface area contributed by atoms with E-state index in [-0.39, 0.29) is 5.91 Å². The third kappa shape index (κ3) is 3.47. The van der Waals surface area contributed by atoms with Gasteiger partial charge in [0.1, 0.15) is 17.2 Å². The van der Waals surface area contributed by atoms with Crippen molar-refractivity contribution < 1.29 is 14.3 Å². The lowest BCUT2D eigenvalue weighted by Crippen LogP contribution is -2.27. The van der Waals surface area contributed by atoms with Crippen molar-refractivity contribution in [1.82, 2.24) is 15.5 Å². The SMILES string of the molecule is O=C1NCC[C@@H]1Oc1ccc(Oc2ccc(-c3ccn[nH]3)cc2)cc1. The Morgan fingerprint density at radius 3 is 2.20 bits per heavy atom. The molecule has 1 fully saturated rings. The van der Waals surface area contributed by atoms with E-state index in [9.17, 15) is 4.79 Å². The lowest BCUT2D eigenvalue weighted by Gasteiger charge is -2.12. The van der Waals surface area contributed by atoms with Crippen molar-refractivity contribution in [3.8, 4) is 28.5 Å². The summed E-state index contributed by atoms with van der Waals surface area (Å²) in [7, 11) is 0. The Morgan fingerprint density at radius 1 is 0.920 bits per heavy atom. The maximum Gasteiger partial charge on any atom is 0.261 e. The molecule has 2 N–H and O–H groups in total. The molecule has 2 aromatic carbocycles. The summed E-state index contributed by atoms with van der Waals surface area (Å²) in [6, 6.07) is 16.9. The van der Waals surface area contributed by atoms with Gasteiger partial charge in [0.25, 0.3) is 5.91 Å². The Hall–Kier alpha value is -3.28. The number of hydrogen-bond donors (Lipinski definition) is 2. The molecule has 1 amide bonds. The Kier molecular flexibility index (Phi) is 4.08. The first-order chi connectivity index (χ1) is 12.3. The zero-order chi connectivity index (χ0) is 17.1. The quantitative estimate of drug-likeness (QED) is 0.751. The summed E-state index contributed by atoms with van der Waals surface area (Å²) in [5, 5.41) is 9.63. The monoisotopic (exact) mass is 335 g/mol. The first-order valence-corrected chi connectivity index (χ1v) is 8.10. The van der Waals surface area contributed by atoms with Crippen LogP contribution in [-0.4, -0.2) is 28.8 Å². The largest absolute Gasteiger partial charge is 0.481 e. The van der Waals surface area contributed by atoms with E-state index in [2.05, 4.69) is 15.5 Å². The highest BCUT2D eigenvalue weighted by Crippen LogP contribution is 2.27. The fourth-order valence-corrected chi connectivity index (χ4v) is 2.69. The number of rotatable bonds is 5. The number of ether oxygens (including phenoxy) is 2. The predicted molar refractivity (Wildman–Crippen MR) is 92.6 cm³/mol. The molecule has 0 bridgehead atoms. The van der Waals surface area contributed by atoms with Crippen molar-refractivity contribution in [1.29, 1.82) is 0 Å². The number of nitrogens with zero attached hydrogens (tertiary/aromatic N) is 1. The number of carbonyl (C=O) groups is 1. The van der Waals surface area contributed by atoms with Crippen molar-refractivity contribution in [2.45, 2.75) is 12.5 Å². The van der Waals surface area contributed by atoms with Gasteiger partial charge in [-0.2, -0.15) is 5.10 Å². The van der Waals surface area contributed by atoms with Crippen molar-refractivity contribution in [2.24, 2.45) is 0 Å². The normalized spacial score (nSPS) is 16.5. The summed E-state index contributed by atoms with van der Waals surface area (Å²) in [6.07, 6.45) is 2.01. The predicted octanol–water partition coefficient (Wildman–Crippen LogP) is 3.14. The molecule has 4 rings (SSSR count). The lowest BCUT2D eigenvalue weighted by molar-refractivity contribution is -0.124. The van der Waals surface area contributed by atoms with Crippen LogP contribution in [0.5, 0.6) is 17.2 Å². The molecular formula is C19H17N3O3. The van der Waals surface area contributed by atoms with Crippen LogP contribution in [0.15, 0.2) is 60.8 Å². The minimum atomic E-state index is -0.401. The molecule has 0 saturated carbocycles. The van der Waals surface area contributed by atoms with Gasteiger partial charge in [-0.3, -0.25) is 9.89 Å². The van der Waals surface area contributed by atoms with E-state index < -0.39 is 6.10 Å². The molecule has 1 atom stereocenters. The van der Waals surface area contributed by atoms with Gasteiger partial charge in [0.05, 0.1) is 5.69 Å². The number of hydrogen-bond acceptors (Lipinski definition) is 4. The molecule has 0 spiro atoms. The number of aromatic amines is 1. The van der Waals surface area contributed by atoms with E-state index in [0.29, 0.717) is 24.5 Å². The summed E-state index contributed by atoms with van der Waals surface area (Å²) in [6.45, 7) is 0.666. The fraction of sp³-hybridized carbons (Fsp3) is 0.158. The topological polar surface area (TPSA) is 76.2 Å². The third-order valence-corrected chi connectivity index (χ3v) is 4.00. The van der Waals surface area contributed by atoms with Crippen molar-refractivity contribution >= 4 is 5.91 Å². The average molecular weight is 335 g/mol. The fourth-order valence-electron chi connectivity index (χ4n) is 2.69. The Morgan fingerprint density at radius 2 is 1.60 bits per heavy atom. The molecular weight excluding hydrogens is 318 g/mol. The number of amides is 1. The van der Waals surface area contributed by atoms with Crippen LogP contribution in [-0.2, 0) is 4.79 Å². The van der Waals surface area contributed by atoms with Crippen LogP contribution >= 0.6 is 0 Å². The van der Waals surface area contributed by atoms with Gasteiger partial charge < -0.3 is 14.8 Å². The summed E-state index contributed by atoms with van der Waals surface area (Å²) in [4.78, 5) is 11.5. The number of nitrogens with one attached hydrogen (secondary N) is 2. The lowest BCUT2D eigenvalue weighted by atomic mass is 10.1. The van der Waals surface area contributed by atoms with Gasteiger partial charge in [0.15, 0.2) is 6.10 Å². The van der Waals surface area contributed by atoms with Crippen LogP contribution in [0, 0.1) is 0 Å². The summed E-state index contributed by atoms with van der Waals surface area (Å²) < 4.78 is 11.5. The molecule has 126 valence electrons. The molecule has 1 aliphatic heterocycles. The summed E-state index contributed by atoms with van der Waals surface area (Å²) in [5.74, 6) is 2.05. The smallest absolute Gasteiger partial charge is 0.261 e. The number of benzene rings is 2. The van der Waals surface area contributed by atoms with Crippen molar-refractivity contribution in [2.75, 3.05) is 6.54 Å². The minimum absolute atomic E-state index is 0.0577. The minimum Gasteiger partial charge on any atom is -0.481 e. The second kappa shape index (κ2) is 6.68. The molecule has 3 aromatic rings. The van der Waals surface area contributed by atoms with Crippen LogP contribution in [0.3, 0.4) is 0 Å². The summed E-state index contributed by atoms with van der Waals surface area (Å²) >= 11 is 0. The molecule has 0 unspecified atom stereocenters. The van der Waals surface area contributed by atoms with E-state index in [1.807, 2.05) is 42.5 Å². The maximum atomic E-state index is 11.5. The van der Waals surface area contributed by atoms with Crippen LogP contribution < -0.4 is 14.8 Å². The van der Waals surface area contributed by atoms with Gasteiger partial charge >= 0.3 is 0 Å². The van der Waals surface area contributed by atoms with E-state index in [4.69, 9.17) is 9.47 Å². The van der Waals surface area contributed by atoms with E-state index in [1.54, 1.807) is 18.3 Å². The van der Waals surface area contributed by atoms with E-state index >= 15 is 0 Å². The maximum absolute atomic E-state index is 11.5. The third-order valence-electron chi connectivity index (χ3n) is 4.00. The first-order valence-electron chi connectivity index (χ1n) is 8.10. The van der Waals surface area contributed by atoms with Gasteiger partial charge in [0.2, 0.25) is 0 Å². The van der Waals surface area contributed by atoms with Crippen LogP contribution in [0.4, 0.5) is 0 Å². The molecule has 6 nitrogen and oxygen atoms in total. The van der Waals surface area contributed by atoms with E-state index in [1.165, 1.54) is 0 Å². The number of carbonyl (C=O) groups excluding carboxylic acids is 1. The molecule has 1 saturated heterocycles. The Balaban J connectivity index is 1.40. The van der Waals surface area contributed by atoms with Crippen LogP contribution in [0.1, 0.15) is 6.42 Å². The zero-order valence-corrected chi connectivity index (χ0v) is 13.4. The molecule has 2 heterocycles. The highest BCUT2D eigenvalue weighted by Gasteiger charge is 2.25. The van der Waals surface area contributed by atoms with E-state index in [0.717, 1.165) is 17.0 Å². The van der Waals surface area contributed by atoms with Crippen LogP contribution in [0.2, 0.25) is 0 Å². The highest BCUT2D eigenvalue weighted by molar-refractivity contribution is 5.83. The molecule has 25 heavy (non-hydrogen) atoms. The van der Waals surface area contributed by atoms with Crippen molar-refractivity contribution in [3.63, 3.8) is 0 Å². The molecule has 0 aliphatic carbocycles. The first kappa shape index (κ1) is 15.3. The van der Waals surface area contributed by atoms with Crippen LogP contribution in [0.25, 0.3) is 11.3 Å². The second-order valence-electron chi connectivity index (χ2n) is 5.75. The Bertz CT molecular complexity index is 843. The standard InChI is InChI=1S/C19H17N3O3/c23-19-18(10-11-20-19)25-16-7-5-15(6-8-16)24-14-3-1-13(2-4-14)17-9-12-21-22-17/h1-9,12,18H,10-11H2,(H,20,23)(H,21,22)/t18-/m0/s1. The number of H-pyrrole nitrogens is 1. The molecule has 0 radical (unpaired) electrons. The Labute approximate surface area is 144 Å². The second-order valence-corrected chi connectivity index (χ2v) is 5.75. The molecule has 6 heteroatoms. The molecule has 1 aromatic heterocycles. The highest BCUT2D eigenvalue weighted by atomic mass is 16.5. The van der Waals surface area contributed by atoms with Gasteiger partial charge in [-0.05, 0) is 60.2 Å².